The molecule has 0 aliphatic heterocycles. The smallest absolute Gasteiger partial charge is 0.775 e. The van der Waals surface area contributed by atoms with Gasteiger partial charge in [-0.15, -0.1) is 0 Å². The van der Waals surface area contributed by atoms with Crippen molar-refractivity contribution in [3.8, 4) is 5.69 Å². The molecule has 0 spiro atoms. The second kappa shape index (κ2) is 6.84. The first-order valence-electron chi connectivity index (χ1n) is 4.89. The fraction of sp³-hybridized carbons (Fsp3) is 0.100. The number of benzene rings is 1. The van der Waals surface area contributed by atoms with E-state index in [1.807, 2.05) is 0 Å². The van der Waals surface area contributed by atoms with Crippen molar-refractivity contribution in [2.24, 2.45) is 0 Å². The molecule has 2 rings (SSSR count). The van der Waals surface area contributed by atoms with E-state index >= 15 is 0 Å². The number of nitrogens with zero attached hydrogens (tertiary/aromatic N) is 1. The summed E-state index contributed by atoms with van der Waals surface area (Å²) in [4.78, 5) is 23.0. The maximum Gasteiger partial charge on any atom is 1.00 e. The van der Waals surface area contributed by atoms with Gasteiger partial charge in [0, 0.05) is 18.3 Å². The monoisotopic (exact) mass is 326 g/mol. The van der Waals surface area contributed by atoms with Crippen molar-refractivity contribution in [3.63, 3.8) is 0 Å². The first-order chi connectivity index (χ1) is 8.44. The van der Waals surface area contributed by atoms with Gasteiger partial charge in [0.15, 0.2) is 7.60 Å². The van der Waals surface area contributed by atoms with Crippen LogP contribution in [-0.2, 0) is 9.09 Å². The summed E-state index contributed by atoms with van der Waals surface area (Å²) < 4.78 is 17.1. The van der Waals surface area contributed by atoms with Gasteiger partial charge in [-0.05, 0) is 24.3 Å². The Morgan fingerprint density at radius 1 is 1.37 bits per heavy atom. The summed E-state index contributed by atoms with van der Waals surface area (Å²) in [6.07, 6.45) is 1.17. The van der Waals surface area contributed by atoms with E-state index in [-0.39, 0.29) is 51.4 Å². The van der Waals surface area contributed by atoms with E-state index in [9.17, 15) is 14.3 Å². The molecular formula is C10H9ClKN2O4P. The van der Waals surface area contributed by atoms with Gasteiger partial charge in [-0.2, -0.15) is 0 Å². The molecule has 0 bridgehead atoms. The Bertz CT molecular complexity index is 667. The molecule has 0 saturated heterocycles. The zero-order chi connectivity index (χ0) is 13.3. The third kappa shape index (κ3) is 3.90. The summed E-state index contributed by atoms with van der Waals surface area (Å²) in [5.74, 6) is 0. The molecule has 0 aliphatic carbocycles. The van der Waals surface area contributed by atoms with Crippen LogP contribution in [-0.4, -0.2) is 16.9 Å². The van der Waals surface area contributed by atoms with Crippen molar-refractivity contribution in [1.29, 1.82) is 0 Å². The van der Waals surface area contributed by atoms with E-state index in [4.69, 9.17) is 11.6 Å². The minimum atomic E-state index is -4.31. The molecule has 1 aromatic carbocycles. The van der Waals surface area contributed by atoms with Crippen LogP contribution in [0.25, 0.3) is 5.69 Å². The van der Waals surface area contributed by atoms with Crippen LogP contribution in [0, 0.1) is 0 Å². The number of aromatic amines is 1. The Kier molecular flexibility index (Phi) is 6.25. The molecule has 0 amide bonds. The number of aromatic nitrogens is 2. The second-order valence-corrected chi connectivity index (χ2v) is 5.76. The van der Waals surface area contributed by atoms with Gasteiger partial charge in [0.25, 0.3) is 5.56 Å². The molecule has 19 heavy (non-hydrogen) atoms. The minimum Gasteiger partial charge on any atom is -0.775 e. The summed E-state index contributed by atoms with van der Waals surface area (Å²) in [6, 6.07) is 6.54. The summed E-state index contributed by atoms with van der Waals surface area (Å²) >= 11 is 5.73. The Balaban J connectivity index is 0.00000180. The minimum absolute atomic E-state index is 0. The van der Waals surface area contributed by atoms with E-state index in [1.54, 1.807) is 24.3 Å². The molecule has 1 atom stereocenters. The Labute approximate surface area is 156 Å². The van der Waals surface area contributed by atoms with Gasteiger partial charge >= 0.3 is 51.4 Å². The van der Waals surface area contributed by atoms with Crippen LogP contribution in [0.2, 0.25) is 5.02 Å². The molecular weight excluding hydrogens is 318 g/mol. The largest absolute Gasteiger partial charge is 1.00 e. The zero-order valence-electron chi connectivity index (χ0n) is 10.3. The molecule has 0 radical (unpaired) electrons. The number of nitrogens with one attached hydrogen (secondary N) is 1. The molecule has 9 heteroatoms. The summed E-state index contributed by atoms with van der Waals surface area (Å²) in [5.41, 5.74) is -0.149. The molecule has 6 nitrogen and oxygen atoms in total. The van der Waals surface area contributed by atoms with Crippen molar-refractivity contribution in [1.82, 2.24) is 9.78 Å². The summed E-state index contributed by atoms with van der Waals surface area (Å²) in [7, 11) is -3.31. The number of halogens is 1. The second-order valence-electron chi connectivity index (χ2n) is 3.48. The Morgan fingerprint density at radius 3 is 2.47 bits per heavy atom. The molecule has 1 heterocycles. The first-order valence-corrected chi connectivity index (χ1v) is 6.81. The molecule has 0 aliphatic rings. The average Bonchev–Trinajstić information content (AvgIpc) is 2.73. The van der Waals surface area contributed by atoms with Crippen molar-refractivity contribution in [2.45, 2.75) is 0 Å². The van der Waals surface area contributed by atoms with Gasteiger partial charge in [-0.25, -0.2) is 0 Å². The van der Waals surface area contributed by atoms with E-state index in [2.05, 4.69) is 9.62 Å². The van der Waals surface area contributed by atoms with E-state index in [1.165, 1.54) is 10.9 Å². The van der Waals surface area contributed by atoms with Crippen LogP contribution in [0.1, 0.15) is 0 Å². The zero-order valence-corrected chi connectivity index (χ0v) is 15.1. The normalized spacial score (nSPS) is 13.6. The van der Waals surface area contributed by atoms with Gasteiger partial charge < -0.3 is 14.0 Å². The van der Waals surface area contributed by atoms with Crippen molar-refractivity contribution >= 4 is 24.5 Å². The Hall–Kier alpha value is 0.306. The predicted molar refractivity (Wildman–Crippen MR) is 65.6 cm³/mol. The first kappa shape index (κ1) is 17.4. The van der Waals surface area contributed by atoms with E-state index < -0.39 is 18.5 Å². The fourth-order valence-corrected chi connectivity index (χ4v) is 2.29. The van der Waals surface area contributed by atoms with Crippen LogP contribution in [0.15, 0.2) is 35.3 Å². The van der Waals surface area contributed by atoms with Crippen LogP contribution in [0.3, 0.4) is 0 Å². The fourth-order valence-electron chi connectivity index (χ4n) is 1.41. The molecule has 1 aromatic heterocycles. The molecule has 1 unspecified atom stereocenters. The topological polar surface area (TPSA) is 87.2 Å². The van der Waals surface area contributed by atoms with Crippen LogP contribution in [0.5, 0.6) is 0 Å². The third-order valence-corrected chi connectivity index (χ3v) is 3.99. The van der Waals surface area contributed by atoms with Gasteiger partial charge in [-0.1, -0.05) is 11.6 Å². The Morgan fingerprint density at radius 2 is 1.95 bits per heavy atom. The van der Waals surface area contributed by atoms with Crippen LogP contribution in [0.4, 0.5) is 0 Å². The maximum absolute atomic E-state index is 11.5. The van der Waals surface area contributed by atoms with Crippen molar-refractivity contribution < 1.29 is 65.4 Å². The molecule has 2 aromatic rings. The molecule has 1 N–H and O–H groups in total. The summed E-state index contributed by atoms with van der Waals surface area (Å²) in [6.45, 7) is 0. The van der Waals surface area contributed by atoms with Gasteiger partial charge in [-0.3, -0.25) is 14.6 Å². The van der Waals surface area contributed by atoms with Crippen LogP contribution >= 0.6 is 19.2 Å². The van der Waals surface area contributed by atoms with Gasteiger partial charge in [0.2, 0.25) is 0 Å². The SMILES string of the molecule is COP(=O)([O-])c1cn(-c2ccc(Cl)cc2)[nH]c1=O.[K+]. The van der Waals surface area contributed by atoms with E-state index in [0.717, 1.165) is 7.11 Å². The third-order valence-electron chi connectivity index (χ3n) is 2.35. The van der Waals surface area contributed by atoms with Gasteiger partial charge in [0.05, 0.1) is 5.69 Å². The predicted octanol–water partition coefficient (Wildman–Crippen LogP) is -2.35. The van der Waals surface area contributed by atoms with Crippen LogP contribution < -0.4 is 67.1 Å². The summed E-state index contributed by atoms with van der Waals surface area (Å²) in [5, 5.41) is 2.51. The number of hydrogen-bond acceptors (Lipinski definition) is 4. The van der Waals surface area contributed by atoms with E-state index in [0.29, 0.717) is 10.7 Å². The quantitative estimate of drug-likeness (QED) is 0.505. The van der Waals surface area contributed by atoms with Crippen molar-refractivity contribution in [2.75, 3.05) is 7.11 Å². The number of hydrogen-bond donors (Lipinski definition) is 1. The van der Waals surface area contributed by atoms with Crippen molar-refractivity contribution in [3.05, 3.63) is 45.8 Å². The standard InChI is InChI=1S/C10H10ClN2O4P.K/c1-17-18(15,16)9-6-13(12-10(9)14)8-4-2-7(11)3-5-8;/h2-6H,1H3,(H,12,14)(H,15,16);/q;+1/p-1. The molecule has 0 saturated carbocycles. The maximum atomic E-state index is 11.5. The molecule has 0 fully saturated rings. The number of rotatable bonds is 3. The molecule has 96 valence electrons. The van der Waals surface area contributed by atoms with Gasteiger partial charge in [0.1, 0.15) is 5.30 Å². The number of H-pyrrole nitrogens is 1. The average molecular weight is 327 g/mol.